The van der Waals surface area contributed by atoms with Crippen molar-refractivity contribution in [1.29, 1.82) is 0 Å². The molecule has 1 aliphatic heterocycles. The first kappa shape index (κ1) is 22.3. The highest BCUT2D eigenvalue weighted by Gasteiger charge is 2.30. The zero-order valence-electron chi connectivity index (χ0n) is 16.7. The fraction of sp³-hybridized carbons (Fsp3) is 0.318. The third-order valence-corrected chi connectivity index (χ3v) is 4.86. The third kappa shape index (κ3) is 6.31. The molecule has 2 N–H and O–H groups in total. The zero-order valence-corrected chi connectivity index (χ0v) is 16.7. The van der Waals surface area contributed by atoms with Gasteiger partial charge >= 0.3 is 6.18 Å². The summed E-state index contributed by atoms with van der Waals surface area (Å²) >= 11 is 0. The molecule has 2 aromatic carbocycles. The standard InChI is InChI=1S/C22H22F3N3O3/c23-22(24,25)16-7-5-9-18(13-16)27-21(31)15-6-4-8-17(12-15)26-19(29)14-28-11-3-1-2-10-20(28)30/h4-9,12-13H,1-3,10-11,14H2,(H,26,29)(H,27,31). The number of hydrogen-bond acceptors (Lipinski definition) is 3. The van der Waals surface area contributed by atoms with Crippen LogP contribution >= 0.6 is 0 Å². The Hall–Kier alpha value is -3.36. The number of anilines is 2. The van der Waals surface area contributed by atoms with Crippen LogP contribution in [0.3, 0.4) is 0 Å². The summed E-state index contributed by atoms with van der Waals surface area (Å²) in [5.74, 6) is -1.05. The Morgan fingerprint density at radius 1 is 0.935 bits per heavy atom. The molecule has 0 saturated carbocycles. The predicted octanol–water partition coefficient (Wildman–Crippen LogP) is 4.30. The van der Waals surface area contributed by atoms with Gasteiger partial charge < -0.3 is 15.5 Å². The lowest BCUT2D eigenvalue weighted by atomic mass is 10.1. The Balaban J connectivity index is 1.63. The first-order chi connectivity index (χ1) is 14.7. The molecule has 164 valence electrons. The second kappa shape index (κ2) is 9.63. The summed E-state index contributed by atoms with van der Waals surface area (Å²) in [6, 6.07) is 10.4. The van der Waals surface area contributed by atoms with Crippen LogP contribution < -0.4 is 10.6 Å². The lowest BCUT2D eigenvalue weighted by molar-refractivity contribution is -0.137. The molecule has 1 heterocycles. The van der Waals surface area contributed by atoms with Gasteiger partial charge in [0.1, 0.15) is 0 Å². The minimum atomic E-state index is -4.51. The molecule has 0 unspecified atom stereocenters. The number of benzene rings is 2. The van der Waals surface area contributed by atoms with Gasteiger partial charge in [0.25, 0.3) is 5.91 Å². The number of likely N-dealkylation sites (tertiary alicyclic amines) is 1. The number of rotatable bonds is 5. The Bertz CT molecular complexity index is 976. The molecule has 0 spiro atoms. The van der Waals surface area contributed by atoms with E-state index in [1.54, 1.807) is 12.1 Å². The number of halogens is 3. The van der Waals surface area contributed by atoms with Gasteiger partial charge in [-0.3, -0.25) is 14.4 Å². The maximum Gasteiger partial charge on any atom is 0.416 e. The Kier molecular flexibility index (Phi) is 6.94. The van der Waals surface area contributed by atoms with Gasteiger partial charge in [0, 0.05) is 29.9 Å². The largest absolute Gasteiger partial charge is 0.416 e. The highest BCUT2D eigenvalue weighted by Crippen LogP contribution is 2.30. The van der Waals surface area contributed by atoms with Crippen molar-refractivity contribution in [2.24, 2.45) is 0 Å². The zero-order chi connectivity index (χ0) is 22.4. The van der Waals surface area contributed by atoms with E-state index in [0.717, 1.165) is 31.4 Å². The summed E-state index contributed by atoms with van der Waals surface area (Å²) in [5, 5.41) is 5.08. The molecule has 0 bridgehead atoms. The van der Waals surface area contributed by atoms with Crippen LogP contribution in [0.5, 0.6) is 0 Å². The number of carbonyl (C=O) groups is 3. The van der Waals surface area contributed by atoms with Crippen LogP contribution in [0.2, 0.25) is 0 Å². The average molecular weight is 433 g/mol. The van der Waals surface area contributed by atoms with Crippen LogP contribution in [0, 0.1) is 0 Å². The van der Waals surface area contributed by atoms with Crippen LogP contribution in [0.25, 0.3) is 0 Å². The summed E-state index contributed by atoms with van der Waals surface area (Å²) in [5.41, 5.74) is -0.340. The fourth-order valence-corrected chi connectivity index (χ4v) is 3.29. The molecule has 0 atom stereocenters. The van der Waals surface area contributed by atoms with Crippen molar-refractivity contribution in [1.82, 2.24) is 4.90 Å². The lowest BCUT2D eigenvalue weighted by Gasteiger charge is -2.19. The van der Waals surface area contributed by atoms with E-state index in [2.05, 4.69) is 10.6 Å². The predicted molar refractivity (Wildman–Crippen MR) is 110 cm³/mol. The summed E-state index contributed by atoms with van der Waals surface area (Å²) < 4.78 is 38.5. The van der Waals surface area contributed by atoms with Crippen molar-refractivity contribution in [2.45, 2.75) is 31.9 Å². The minimum absolute atomic E-state index is 0.00828. The van der Waals surface area contributed by atoms with Crippen molar-refractivity contribution in [3.8, 4) is 0 Å². The van der Waals surface area contributed by atoms with E-state index in [0.29, 0.717) is 18.7 Å². The molecule has 3 rings (SSSR count). The molecule has 31 heavy (non-hydrogen) atoms. The molecule has 0 aliphatic carbocycles. The highest BCUT2D eigenvalue weighted by molar-refractivity contribution is 6.05. The van der Waals surface area contributed by atoms with E-state index < -0.39 is 17.6 Å². The van der Waals surface area contributed by atoms with Crippen molar-refractivity contribution in [3.63, 3.8) is 0 Å². The number of alkyl halides is 3. The molecule has 1 fully saturated rings. The second-order valence-electron chi connectivity index (χ2n) is 7.29. The molecule has 0 aromatic heterocycles. The molecule has 2 aromatic rings. The number of nitrogens with zero attached hydrogens (tertiary/aromatic N) is 1. The van der Waals surface area contributed by atoms with E-state index in [4.69, 9.17) is 0 Å². The minimum Gasteiger partial charge on any atom is -0.333 e. The van der Waals surface area contributed by atoms with Crippen LogP contribution in [0.15, 0.2) is 48.5 Å². The number of nitrogens with one attached hydrogen (secondary N) is 2. The number of amides is 3. The van der Waals surface area contributed by atoms with Gasteiger partial charge in [-0.1, -0.05) is 18.6 Å². The molecule has 1 aliphatic rings. The summed E-state index contributed by atoms with van der Waals surface area (Å²) in [7, 11) is 0. The van der Waals surface area contributed by atoms with E-state index in [-0.39, 0.29) is 29.6 Å². The average Bonchev–Trinajstić information content (AvgIpc) is 2.92. The maximum atomic E-state index is 12.8. The monoisotopic (exact) mass is 433 g/mol. The van der Waals surface area contributed by atoms with Crippen molar-refractivity contribution in [2.75, 3.05) is 23.7 Å². The van der Waals surface area contributed by atoms with Crippen LogP contribution in [0.4, 0.5) is 24.5 Å². The van der Waals surface area contributed by atoms with Crippen LogP contribution in [-0.2, 0) is 15.8 Å². The van der Waals surface area contributed by atoms with E-state index >= 15 is 0 Å². The summed E-state index contributed by atoms with van der Waals surface area (Å²) in [6.07, 6.45) is -1.46. The Morgan fingerprint density at radius 2 is 1.65 bits per heavy atom. The van der Waals surface area contributed by atoms with E-state index in [1.165, 1.54) is 29.2 Å². The Morgan fingerprint density at radius 3 is 2.39 bits per heavy atom. The highest BCUT2D eigenvalue weighted by atomic mass is 19.4. The van der Waals surface area contributed by atoms with Gasteiger partial charge in [-0.25, -0.2) is 0 Å². The van der Waals surface area contributed by atoms with Gasteiger partial charge in [-0.05, 0) is 49.2 Å². The first-order valence-electron chi connectivity index (χ1n) is 9.89. The first-order valence-corrected chi connectivity index (χ1v) is 9.89. The molecular formula is C22H22F3N3O3. The van der Waals surface area contributed by atoms with E-state index in [1.807, 2.05) is 0 Å². The maximum absolute atomic E-state index is 12.8. The van der Waals surface area contributed by atoms with Crippen LogP contribution in [-0.4, -0.2) is 35.7 Å². The van der Waals surface area contributed by atoms with Crippen LogP contribution in [0.1, 0.15) is 41.6 Å². The van der Waals surface area contributed by atoms with E-state index in [9.17, 15) is 27.6 Å². The van der Waals surface area contributed by atoms with Crippen molar-refractivity contribution < 1.29 is 27.6 Å². The molecule has 3 amide bonds. The quantitative estimate of drug-likeness (QED) is 0.738. The molecule has 9 heteroatoms. The molecule has 1 saturated heterocycles. The Labute approximate surface area is 177 Å². The summed E-state index contributed by atoms with van der Waals surface area (Å²) in [4.78, 5) is 38.3. The van der Waals surface area contributed by atoms with Gasteiger partial charge in [-0.15, -0.1) is 0 Å². The lowest BCUT2D eigenvalue weighted by Crippen LogP contribution is -2.37. The number of carbonyl (C=O) groups excluding carboxylic acids is 3. The van der Waals surface area contributed by atoms with Gasteiger partial charge in [-0.2, -0.15) is 13.2 Å². The normalized spacial score (nSPS) is 14.7. The SMILES string of the molecule is O=C(CN1CCCCCC1=O)Nc1cccc(C(=O)Nc2cccc(C(F)(F)F)c2)c1. The van der Waals surface area contributed by atoms with Crippen molar-refractivity contribution >= 4 is 29.1 Å². The number of hydrogen-bond donors (Lipinski definition) is 2. The van der Waals surface area contributed by atoms with Gasteiger partial charge in [0.05, 0.1) is 12.1 Å². The van der Waals surface area contributed by atoms with Crippen molar-refractivity contribution in [3.05, 3.63) is 59.7 Å². The van der Waals surface area contributed by atoms with Gasteiger partial charge in [0.15, 0.2) is 0 Å². The molecule has 6 nitrogen and oxygen atoms in total. The summed E-state index contributed by atoms with van der Waals surface area (Å²) in [6.45, 7) is 0.463. The molecular weight excluding hydrogens is 411 g/mol. The smallest absolute Gasteiger partial charge is 0.333 e. The fourth-order valence-electron chi connectivity index (χ4n) is 3.29. The molecule has 0 radical (unpaired) electrons. The third-order valence-electron chi connectivity index (χ3n) is 4.86. The second-order valence-corrected chi connectivity index (χ2v) is 7.29. The van der Waals surface area contributed by atoms with Gasteiger partial charge in [0.2, 0.25) is 11.8 Å². The topological polar surface area (TPSA) is 78.5 Å².